The summed E-state index contributed by atoms with van der Waals surface area (Å²) < 4.78 is 80.2. The molecule has 0 spiro atoms. The zero-order valence-corrected chi connectivity index (χ0v) is 19.8. The van der Waals surface area contributed by atoms with Crippen molar-refractivity contribution in [3.63, 3.8) is 0 Å². The van der Waals surface area contributed by atoms with Crippen molar-refractivity contribution in [1.29, 1.82) is 5.26 Å². The Morgan fingerprint density at radius 1 is 1.11 bits per heavy atom. The number of halogens is 4. The summed E-state index contributed by atoms with van der Waals surface area (Å²) in [5.41, 5.74) is 2.43. The largest absolute Gasteiger partial charge is 0.404 e. The molecular weight excluding hydrogens is 498 g/mol. The number of aromatic nitrogens is 3. The molecule has 0 radical (unpaired) electrons. The smallest absolute Gasteiger partial charge is 0.291 e. The van der Waals surface area contributed by atoms with Crippen molar-refractivity contribution in [2.45, 2.75) is 37.4 Å². The molecule has 3 aromatic heterocycles. The molecule has 4 rings (SSSR count). The van der Waals surface area contributed by atoms with E-state index in [4.69, 9.17) is 0 Å². The van der Waals surface area contributed by atoms with Crippen molar-refractivity contribution in [2.24, 2.45) is 0 Å². The Kier molecular flexibility index (Phi) is 6.55. The van der Waals surface area contributed by atoms with Crippen LogP contribution in [-0.2, 0) is 16.4 Å². The highest BCUT2D eigenvalue weighted by atomic mass is 32.2. The minimum Gasteiger partial charge on any atom is -0.291 e. The normalized spacial score (nSPS) is 13.0. The van der Waals surface area contributed by atoms with Crippen LogP contribution in [0.1, 0.15) is 25.0 Å². The first-order valence-corrected chi connectivity index (χ1v) is 12.2. The number of hydrogen-bond donors (Lipinski definition) is 1. The quantitative estimate of drug-likeness (QED) is 0.367. The first kappa shape index (κ1) is 25.3. The van der Waals surface area contributed by atoms with Crippen LogP contribution in [0.4, 0.5) is 17.6 Å². The molecule has 0 fully saturated rings. The summed E-state index contributed by atoms with van der Waals surface area (Å²) >= 11 is 0. The number of rotatable bonds is 6. The van der Waals surface area contributed by atoms with Gasteiger partial charge in [0.15, 0.2) is 0 Å². The molecule has 36 heavy (non-hydrogen) atoms. The van der Waals surface area contributed by atoms with Gasteiger partial charge in [0, 0.05) is 23.5 Å². The Bertz CT molecular complexity index is 1570. The second kappa shape index (κ2) is 9.33. The number of pyridine rings is 2. The van der Waals surface area contributed by atoms with Crippen molar-refractivity contribution < 1.29 is 26.0 Å². The van der Waals surface area contributed by atoms with Gasteiger partial charge in [-0.2, -0.15) is 23.2 Å². The molecular formula is C24H19F4N5O2S. The minimum atomic E-state index is -4.76. The summed E-state index contributed by atoms with van der Waals surface area (Å²) in [5.74, 6) is -0.466. The maximum atomic E-state index is 13.6. The highest BCUT2D eigenvalue weighted by molar-refractivity contribution is 7.89. The number of nitrogens with zero attached hydrogens (tertiary/aromatic N) is 4. The summed E-state index contributed by atoms with van der Waals surface area (Å²) in [5, 5.41) is 10.5. The molecule has 186 valence electrons. The van der Waals surface area contributed by atoms with E-state index in [0.29, 0.717) is 30.1 Å². The lowest BCUT2D eigenvalue weighted by atomic mass is 10.1. The van der Waals surface area contributed by atoms with Crippen molar-refractivity contribution in [3.8, 4) is 23.1 Å². The molecule has 4 aromatic rings. The molecule has 0 saturated heterocycles. The molecule has 0 aliphatic heterocycles. The van der Waals surface area contributed by atoms with E-state index in [9.17, 15) is 31.2 Å². The number of aryl methyl sites for hydroxylation is 1. The topological polar surface area (TPSA) is 101 Å². The third-order valence-electron chi connectivity index (χ3n) is 5.58. The number of benzene rings is 1. The molecule has 1 aromatic carbocycles. The van der Waals surface area contributed by atoms with Gasteiger partial charge in [-0.1, -0.05) is 6.92 Å². The third kappa shape index (κ3) is 4.67. The summed E-state index contributed by atoms with van der Waals surface area (Å²) in [4.78, 5) is 8.18. The Morgan fingerprint density at radius 3 is 2.36 bits per heavy atom. The van der Waals surface area contributed by atoms with Gasteiger partial charge in [0.1, 0.15) is 28.5 Å². The van der Waals surface area contributed by atoms with Gasteiger partial charge in [-0.15, -0.1) is 0 Å². The van der Waals surface area contributed by atoms with E-state index in [0.717, 1.165) is 17.8 Å². The van der Waals surface area contributed by atoms with Crippen LogP contribution in [-0.4, -0.2) is 35.2 Å². The molecule has 3 heterocycles. The number of hydrogen-bond acceptors (Lipinski definition) is 5. The van der Waals surface area contributed by atoms with Gasteiger partial charge < -0.3 is 0 Å². The zero-order chi connectivity index (χ0) is 26.3. The predicted molar refractivity (Wildman–Crippen MR) is 124 cm³/mol. The Morgan fingerprint density at radius 2 is 1.81 bits per heavy atom. The summed E-state index contributed by atoms with van der Waals surface area (Å²) in [6.45, 7) is 2.62. The molecule has 0 amide bonds. The van der Waals surface area contributed by atoms with Crippen molar-refractivity contribution in [1.82, 2.24) is 19.3 Å². The van der Waals surface area contributed by atoms with Crippen molar-refractivity contribution >= 4 is 21.1 Å². The van der Waals surface area contributed by atoms with Crippen molar-refractivity contribution in [3.05, 3.63) is 71.8 Å². The van der Waals surface area contributed by atoms with E-state index in [-0.39, 0.29) is 17.0 Å². The fraction of sp³-hybridized carbons (Fsp3) is 0.208. The minimum absolute atomic E-state index is 0.176. The van der Waals surface area contributed by atoms with E-state index >= 15 is 0 Å². The van der Waals surface area contributed by atoms with Gasteiger partial charge in [-0.25, -0.2) is 17.8 Å². The molecule has 0 saturated carbocycles. The number of fused-ring (bicyclic) bond motifs is 1. The Labute approximate surface area is 204 Å². The van der Waals surface area contributed by atoms with E-state index in [1.807, 2.05) is 13.0 Å². The van der Waals surface area contributed by atoms with Crippen molar-refractivity contribution in [2.75, 3.05) is 0 Å². The summed E-state index contributed by atoms with van der Waals surface area (Å²) in [7, 11) is -4.52. The fourth-order valence-corrected chi connectivity index (χ4v) is 4.82. The van der Waals surface area contributed by atoms with Gasteiger partial charge >= 0.3 is 6.18 Å². The molecule has 1 N–H and O–H groups in total. The van der Waals surface area contributed by atoms with Gasteiger partial charge in [0.25, 0.3) is 0 Å². The molecule has 0 bridgehead atoms. The number of sulfonamides is 1. The molecule has 12 heteroatoms. The Hall–Kier alpha value is -3.82. The second-order valence-electron chi connectivity index (χ2n) is 7.98. The first-order valence-electron chi connectivity index (χ1n) is 10.7. The van der Waals surface area contributed by atoms with Gasteiger partial charge in [0.2, 0.25) is 10.0 Å². The van der Waals surface area contributed by atoms with Crippen LogP contribution in [0.5, 0.6) is 0 Å². The highest BCUT2D eigenvalue weighted by Crippen LogP contribution is 2.35. The maximum Gasteiger partial charge on any atom is 0.404 e. The first-order chi connectivity index (χ1) is 17.0. The monoisotopic (exact) mass is 517 g/mol. The van der Waals surface area contributed by atoms with E-state index in [1.54, 1.807) is 15.5 Å². The molecule has 0 aliphatic rings. The van der Waals surface area contributed by atoms with E-state index in [1.165, 1.54) is 30.3 Å². The number of nitrogens with one attached hydrogen (secondary N) is 1. The van der Waals surface area contributed by atoms with Crippen LogP contribution >= 0.6 is 0 Å². The van der Waals surface area contributed by atoms with Gasteiger partial charge in [0.05, 0.1) is 17.0 Å². The third-order valence-corrected chi connectivity index (χ3v) is 7.11. The second-order valence-corrected chi connectivity index (χ2v) is 9.69. The highest BCUT2D eigenvalue weighted by Gasteiger charge is 2.39. The fourth-order valence-electron chi connectivity index (χ4n) is 3.65. The average molecular weight is 518 g/mol. The van der Waals surface area contributed by atoms with E-state index < -0.39 is 33.0 Å². The summed E-state index contributed by atoms with van der Waals surface area (Å²) in [6, 6.07) is 9.54. The van der Waals surface area contributed by atoms with Gasteiger partial charge in [-0.05, 0) is 61.4 Å². The zero-order valence-electron chi connectivity index (χ0n) is 19.0. The average Bonchev–Trinajstić information content (AvgIpc) is 3.17. The van der Waals surface area contributed by atoms with Gasteiger partial charge in [-0.3, -0.25) is 9.55 Å². The molecule has 0 unspecified atom stereocenters. The van der Waals surface area contributed by atoms with Crippen LogP contribution in [0.2, 0.25) is 0 Å². The van der Waals surface area contributed by atoms with Crippen LogP contribution in [0.3, 0.4) is 0 Å². The SMILES string of the molecule is CCc1cnc2c(c1)c(C#N)c(-c1ccc(S(=O)(=O)N[C@@H](C)C(F)(F)F)cn1)n2-c1ccc(F)cc1. The standard InChI is InChI=1S/C24H19F4N5O2S/c1-3-15-10-19-20(11-29)22(33(23(19)31-12-15)17-6-4-16(25)5-7-17)21-9-8-18(13-30-21)36(34,35)32-14(2)24(26,27)28/h4-10,12-14,32H,3H2,1-2H3/t14-/m0/s1. The van der Waals surface area contributed by atoms with Crippen LogP contribution in [0.15, 0.2) is 59.8 Å². The molecule has 7 nitrogen and oxygen atoms in total. The van der Waals surface area contributed by atoms with Crippen LogP contribution in [0.25, 0.3) is 28.1 Å². The molecule has 1 atom stereocenters. The lowest BCUT2D eigenvalue weighted by molar-refractivity contribution is -0.147. The summed E-state index contributed by atoms with van der Waals surface area (Å²) in [6.07, 6.45) is -1.52. The molecule has 0 aliphatic carbocycles. The lowest BCUT2D eigenvalue weighted by Gasteiger charge is -2.17. The maximum absolute atomic E-state index is 13.6. The van der Waals surface area contributed by atoms with Crippen LogP contribution < -0.4 is 4.72 Å². The van der Waals surface area contributed by atoms with Crippen LogP contribution in [0, 0.1) is 17.1 Å². The Balaban J connectivity index is 1.89. The number of alkyl halides is 3. The number of nitriles is 1. The lowest BCUT2D eigenvalue weighted by Crippen LogP contribution is -2.42. The predicted octanol–water partition coefficient (Wildman–Crippen LogP) is 4.89. The van der Waals surface area contributed by atoms with E-state index in [2.05, 4.69) is 16.0 Å².